The highest BCUT2D eigenvalue weighted by Crippen LogP contribution is 2.42. The molecule has 3 aromatic carbocycles. The second kappa shape index (κ2) is 11.5. The first-order valence-corrected chi connectivity index (χ1v) is 13.1. The maximum atomic E-state index is 12.5. The molecule has 1 saturated heterocycles. The fraction of sp³-hybridized carbons (Fsp3) is 0.290. The summed E-state index contributed by atoms with van der Waals surface area (Å²) in [6, 6.07) is 25.1. The first-order chi connectivity index (χ1) is 19.3. The molecule has 0 bridgehead atoms. The Hall–Kier alpha value is -4.18. The minimum atomic E-state index is -1.02. The lowest BCUT2D eigenvalue weighted by molar-refractivity contribution is -0.0797. The third-order valence-corrected chi connectivity index (χ3v) is 7.38. The number of hydrogen-bond acceptors (Lipinski definition) is 7. The van der Waals surface area contributed by atoms with Gasteiger partial charge in [0, 0.05) is 24.2 Å². The zero-order chi connectivity index (χ0) is 28.3. The molecule has 1 aliphatic heterocycles. The van der Waals surface area contributed by atoms with Gasteiger partial charge in [0.25, 0.3) is 5.56 Å². The molecule has 40 heavy (non-hydrogen) atoms. The third kappa shape index (κ3) is 5.19. The molecule has 0 spiro atoms. The second-order valence-electron chi connectivity index (χ2n) is 9.82. The van der Waals surface area contributed by atoms with E-state index in [0.717, 1.165) is 28.2 Å². The number of hydrogen-bond donors (Lipinski definition) is 2. The molecule has 0 amide bonds. The number of aromatic nitrogens is 2. The number of nitrogens with two attached hydrogens (primary N) is 1. The molecule has 208 valence electrons. The van der Waals surface area contributed by atoms with Crippen LogP contribution in [0.15, 0.2) is 94.6 Å². The van der Waals surface area contributed by atoms with Gasteiger partial charge in [0.2, 0.25) is 0 Å². The lowest BCUT2D eigenvalue weighted by atomic mass is 9.80. The predicted octanol–water partition coefficient (Wildman–Crippen LogP) is 3.49. The van der Waals surface area contributed by atoms with E-state index in [9.17, 15) is 9.59 Å². The number of H-pyrrole nitrogens is 1. The van der Waals surface area contributed by atoms with E-state index < -0.39 is 35.2 Å². The molecule has 0 aliphatic carbocycles. The van der Waals surface area contributed by atoms with E-state index >= 15 is 0 Å². The van der Waals surface area contributed by atoms with E-state index in [2.05, 4.69) is 4.98 Å². The van der Waals surface area contributed by atoms with Crippen LogP contribution in [0.5, 0.6) is 11.5 Å². The number of aryl methyl sites for hydroxylation is 1. The van der Waals surface area contributed by atoms with Gasteiger partial charge in [-0.15, -0.1) is 0 Å². The van der Waals surface area contributed by atoms with Crippen LogP contribution in [0.4, 0.5) is 0 Å². The Kier molecular flexibility index (Phi) is 7.88. The average Bonchev–Trinajstić information content (AvgIpc) is 3.36. The Morgan fingerprint density at radius 3 is 2.00 bits per heavy atom. The maximum absolute atomic E-state index is 12.5. The van der Waals surface area contributed by atoms with Gasteiger partial charge in [-0.1, -0.05) is 54.6 Å². The van der Waals surface area contributed by atoms with Gasteiger partial charge < -0.3 is 24.7 Å². The molecule has 3 N–H and O–H groups in total. The summed E-state index contributed by atoms with van der Waals surface area (Å²) in [5.41, 5.74) is 7.65. The van der Waals surface area contributed by atoms with Crippen molar-refractivity contribution < 1.29 is 18.9 Å². The van der Waals surface area contributed by atoms with Crippen molar-refractivity contribution >= 4 is 0 Å². The standard InChI is InChI=1S/C31H33N3O6/c1-20-18-34(30(36)33-29(20)35)28-17-26(32)27(40-28)19-39-31(21-7-5-4-6-8-21,22-9-13-24(37-2)14-10-22)23-11-15-25(38-3)16-12-23/h4-16,18,26-28H,17,19,32H2,1-3H3,(H,33,35,36)/t26-,27-,28-/m1/s1. The maximum Gasteiger partial charge on any atom is 0.330 e. The molecule has 0 radical (unpaired) electrons. The van der Waals surface area contributed by atoms with Crippen molar-refractivity contribution in [1.29, 1.82) is 0 Å². The van der Waals surface area contributed by atoms with Crippen molar-refractivity contribution in [2.45, 2.75) is 37.3 Å². The van der Waals surface area contributed by atoms with Crippen molar-refractivity contribution in [2.24, 2.45) is 5.73 Å². The minimum absolute atomic E-state index is 0.141. The van der Waals surface area contributed by atoms with Crippen LogP contribution in [0.2, 0.25) is 0 Å². The van der Waals surface area contributed by atoms with Crippen molar-refractivity contribution in [3.8, 4) is 11.5 Å². The quantitative estimate of drug-likeness (QED) is 0.310. The molecule has 2 heterocycles. The van der Waals surface area contributed by atoms with Gasteiger partial charge >= 0.3 is 5.69 Å². The number of nitrogens with one attached hydrogen (secondary N) is 1. The normalized spacial score (nSPS) is 18.9. The topological polar surface area (TPSA) is 118 Å². The van der Waals surface area contributed by atoms with Gasteiger partial charge in [-0.05, 0) is 47.9 Å². The van der Waals surface area contributed by atoms with Crippen LogP contribution < -0.4 is 26.5 Å². The summed E-state index contributed by atoms with van der Waals surface area (Å²) in [7, 11) is 3.26. The van der Waals surface area contributed by atoms with Crippen molar-refractivity contribution in [3.63, 3.8) is 0 Å². The zero-order valence-electron chi connectivity index (χ0n) is 22.7. The summed E-state index contributed by atoms with van der Waals surface area (Å²) in [4.78, 5) is 26.7. The number of benzene rings is 3. The van der Waals surface area contributed by atoms with Crippen LogP contribution in [0, 0.1) is 6.92 Å². The first-order valence-electron chi connectivity index (χ1n) is 13.1. The molecule has 9 nitrogen and oxygen atoms in total. The number of ether oxygens (including phenoxy) is 4. The SMILES string of the molecule is COc1ccc(C(OC[C@H]2O[C@@H](n3cc(C)c(=O)[nH]c3=O)C[C@H]2N)(c2ccccc2)c2ccc(OC)cc2)cc1. The van der Waals surface area contributed by atoms with Gasteiger partial charge in [-0.25, -0.2) is 4.79 Å². The van der Waals surface area contributed by atoms with E-state index in [0.29, 0.717) is 12.0 Å². The molecular weight excluding hydrogens is 510 g/mol. The molecule has 1 fully saturated rings. The van der Waals surface area contributed by atoms with E-state index in [4.69, 9.17) is 24.7 Å². The van der Waals surface area contributed by atoms with Crippen LogP contribution in [0.1, 0.15) is 34.9 Å². The molecule has 0 unspecified atom stereocenters. The molecule has 5 rings (SSSR count). The lowest BCUT2D eigenvalue weighted by Gasteiger charge is -2.37. The highest BCUT2D eigenvalue weighted by atomic mass is 16.6. The van der Waals surface area contributed by atoms with Crippen LogP contribution in [0.3, 0.4) is 0 Å². The van der Waals surface area contributed by atoms with Crippen LogP contribution >= 0.6 is 0 Å². The van der Waals surface area contributed by atoms with Crippen molar-refractivity contribution in [1.82, 2.24) is 9.55 Å². The smallest absolute Gasteiger partial charge is 0.330 e. The van der Waals surface area contributed by atoms with Gasteiger partial charge in [-0.3, -0.25) is 14.3 Å². The zero-order valence-corrected chi connectivity index (χ0v) is 22.7. The monoisotopic (exact) mass is 543 g/mol. The Morgan fingerprint density at radius 2 is 1.45 bits per heavy atom. The fourth-order valence-corrected chi connectivity index (χ4v) is 5.17. The van der Waals surface area contributed by atoms with Gasteiger partial charge in [0.1, 0.15) is 23.3 Å². The van der Waals surface area contributed by atoms with Gasteiger partial charge in [0.15, 0.2) is 0 Å². The molecular formula is C31H33N3O6. The largest absolute Gasteiger partial charge is 0.497 e. The fourth-order valence-electron chi connectivity index (χ4n) is 5.17. The molecule has 1 aliphatic rings. The van der Waals surface area contributed by atoms with E-state index in [1.54, 1.807) is 21.1 Å². The third-order valence-electron chi connectivity index (χ3n) is 7.38. The Bertz CT molecular complexity index is 1500. The highest BCUT2D eigenvalue weighted by molar-refractivity contribution is 5.49. The summed E-state index contributed by atoms with van der Waals surface area (Å²) in [6.07, 6.45) is 0.761. The Balaban J connectivity index is 1.54. The summed E-state index contributed by atoms with van der Waals surface area (Å²) in [6.45, 7) is 1.78. The van der Waals surface area contributed by atoms with Crippen LogP contribution in [-0.4, -0.2) is 42.5 Å². The average molecular weight is 544 g/mol. The van der Waals surface area contributed by atoms with Crippen LogP contribution in [-0.2, 0) is 15.1 Å². The Labute approximate surface area is 232 Å². The molecule has 3 atom stereocenters. The van der Waals surface area contributed by atoms with E-state index in [1.807, 2.05) is 78.9 Å². The summed E-state index contributed by atoms with van der Waals surface area (Å²) in [5, 5.41) is 0. The first kappa shape index (κ1) is 27.4. The summed E-state index contributed by atoms with van der Waals surface area (Å²) < 4.78 is 25.4. The molecule has 1 aromatic heterocycles. The summed E-state index contributed by atoms with van der Waals surface area (Å²) >= 11 is 0. The predicted molar refractivity (Wildman–Crippen MR) is 151 cm³/mol. The lowest BCUT2D eigenvalue weighted by Crippen LogP contribution is -2.40. The Morgan fingerprint density at radius 1 is 0.900 bits per heavy atom. The minimum Gasteiger partial charge on any atom is -0.497 e. The molecule has 9 heteroatoms. The molecule has 0 saturated carbocycles. The van der Waals surface area contributed by atoms with Crippen molar-refractivity contribution in [3.05, 3.63) is 128 Å². The van der Waals surface area contributed by atoms with E-state index in [-0.39, 0.29) is 6.61 Å². The molecule has 4 aromatic rings. The summed E-state index contributed by atoms with van der Waals surface area (Å²) in [5.74, 6) is 1.46. The number of rotatable bonds is 9. The van der Waals surface area contributed by atoms with E-state index in [1.165, 1.54) is 10.8 Å². The number of methoxy groups -OCH3 is 2. The van der Waals surface area contributed by atoms with Crippen molar-refractivity contribution in [2.75, 3.05) is 20.8 Å². The van der Waals surface area contributed by atoms with Crippen LogP contribution in [0.25, 0.3) is 0 Å². The van der Waals surface area contributed by atoms with Gasteiger partial charge in [-0.2, -0.15) is 0 Å². The second-order valence-corrected chi connectivity index (χ2v) is 9.82. The number of aromatic amines is 1. The number of nitrogens with zero attached hydrogens (tertiary/aromatic N) is 1. The highest BCUT2D eigenvalue weighted by Gasteiger charge is 2.41. The van der Waals surface area contributed by atoms with Gasteiger partial charge in [0.05, 0.1) is 26.9 Å².